The van der Waals surface area contributed by atoms with Crippen LogP contribution in [0.1, 0.15) is 25.0 Å². The second kappa shape index (κ2) is 4.84. The van der Waals surface area contributed by atoms with E-state index >= 15 is 0 Å². The van der Waals surface area contributed by atoms with Crippen LogP contribution in [0.2, 0.25) is 0 Å². The van der Waals surface area contributed by atoms with Gasteiger partial charge in [0.2, 0.25) is 5.91 Å². The van der Waals surface area contributed by atoms with Crippen molar-refractivity contribution in [3.8, 4) is 0 Å². The van der Waals surface area contributed by atoms with Crippen LogP contribution in [-0.4, -0.2) is 28.9 Å². The molecule has 1 amide bonds. The molecule has 2 heterocycles. The van der Waals surface area contributed by atoms with Crippen molar-refractivity contribution in [3.05, 3.63) is 36.0 Å². The Balaban J connectivity index is 1.73. The Bertz CT molecular complexity index is 519. The predicted octanol–water partition coefficient (Wildman–Crippen LogP) is 2.72. The number of aromatic nitrogens is 1. The summed E-state index contributed by atoms with van der Waals surface area (Å²) in [5.41, 5.74) is 2.13. The zero-order chi connectivity index (χ0) is 12.4. The number of aromatic amines is 1. The molecule has 1 aliphatic heterocycles. The van der Waals surface area contributed by atoms with Crippen molar-refractivity contribution in [2.75, 3.05) is 13.1 Å². The molecule has 2 aromatic rings. The molecule has 0 atom stereocenters. The molecule has 3 rings (SSSR count). The highest BCUT2D eigenvalue weighted by atomic mass is 16.2. The van der Waals surface area contributed by atoms with E-state index in [-0.39, 0.29) is 5.91 Å². The zero-order valence-electron chi connectivity index (χ0n) is 10.5. The normalized spacial score (nSPS) is 16.1. The average molecular weight is 242 g/mol. The summed E-state index contributed by atoms with van der Waals surface area (Å²) in [5, 5.41) is 1.18. The van der Waals surface area contributed by atoms with Gasteiger partial charge in [0.15, 0.2) is 0 Å². The molecule has 1 N–H and O–H groups in total. The fourth-order valence-electron chi connectivity index (χ4n) is 2.65. The van der Waals surface area contributed by atoms with Gasteiger partial charge in [0.05, 0.1) is 6.42 Å². The third-order valence-corrected chi connectivity index (χ3v) is 3.64. The SMILES string of the molecule is O=C(Cc1cc2ccccc2[nH]1)N1CCCCC1. The molecule has 1 aliphatic rings. The summed E-state index contributed by atoms with van der Waals surface area (Å²) in [7, 11) is 0. The number of benzene rings is 1. The van der Waals surface area contributed by atoms with Gasteiger partial charge in [-0.1, -0.05) is 18.2 Å². The van der Waals surface area contributed by atoms with Gasteiger partial charge in [-0.15, -0.1) is 0 Å². The molecule has 1 fully saturated rings. The largest absolute Gasteiger partial charge is 0.358 e. The van der Waals surface area contributed by atoms with Gasteiger partial charge in [-0.25, -0.2) is 0 Å². The lowest BCUT2D eigenvalue weighted by atomic mass is 10.1. The third-order valence-electron chi connectivity index (χ3n) is 3.64. The average Bonchev–Trinajstić information content (AvgIpc) is 2.82. The number of likely N-dealkylation sites (tertiary alicyclic amines) is 1. The molecule has 3 nitrogen and oxygen atoms in total. The molecular weight excluding hydrogens is 224 g/mol. The van der Waals surface area contributed by atoms with Crippen molar-refractivity contribution in [1.29, 1.82) is 0 Å². The van der Waals surface area contributed by atoms with Crippen LogP contribution in [0.15, 0.2) is 30.3 Å². The topological polar surface area (TPSA) is 36.1 Å². The maximum Gasteiger partial charge on any atom is 0.228 e. The standard InChI is InChI=1S/C15H18N2O/c18-15(17-8-4-1-5-9-17)11-13-10-12-6-2-3-7-14(12)16-13/h2-3,6-7,10,16H,1,4-5,8-9,11H2. The van der Waals surface area contributed by atoms with E-state index < -0.39 is 0 Å². The number of fused-ring (bicyclic) bond motifs is 1. The lowest BCUT2D eigenvalue weighted by Crippen LogP contribution is -2.36. The smallest absolute Gasteiger partial charge is 0.228 e. The maximum absolute atomic E-state index is 12.2. The number of amides is 1. The van der Waals surface area contributed by atoms with Gasteiger partial charge in [-0.05, 0) is 36.8 Å². The van der Waals surface area contributed by atoms with E-state index in [2.05, 4.69) is 17.1 Å². The molecule has 1 saturated heterocycles. The van der Waals surface area contributed by atoms with Crippen molar-refractivity contribution >= 4 is 16.8 Å². The van der Waals surface area contributed by atoms with E-state index in [4.69, 9.17) is 0 Å². The van der Waals surface area contributed by atoms with E-state index in [9.17, 15) is 4.79 Å². The maximum atomic E-state index is 12.2. The Kier molecular flexibility index (Phi) is 3.05. The van der Waals surface area contributed by atoms with E-state index in [1.807, 2.05) is 23.1 Å². The van der Waals surface area contributed by atoms with Crippen LogP contribution in [0.25, 0.3) is 10.9 Å². The highest BCUT2D eigenvalue weighted by molar-refractivity contribution is 5.84. The minimum Gasteiger partial charge on any atom is -0.358 e. The van der Waals surface area contributed by atoms with Crippen molar-refractivity contribution in [2.24, 2.45) is 0 Å². The van der Waals surface area contributed by atoms with Crippen LogP contribution in [-0.2, 0) is 11.2 Å². The first-order valence-corrected chi connectivity index (χ1v) is 6.67. The van der Waals surface area contributed by atoms with Gasteiger partial charge in [-0.3, -0.25) is 4.79 Å². The lowest BCUT2D eigenvalue weighted by Gasteiger charge is -2.26. The van der Waals surface area contributed by atoms with Crippen molar-refractivity contribution in [2.45, 2.75) is 25.7 Å². The number of nitrogens with one attached hydrogen (secondary N) is 1. The number of hydrogen-bond acceptors (Lipinski definition) is 1. The fourth-order valence-corrected chi connectivity index (χ4v) is 2.65. The summed E-state index contributed by atoms with van der Waals surface area (Å²) in [6, 6.07) is 10.2. The van der Waals surface area contributed by atoms with E-state index in [0.717, 1.165) is 37.1 Å². The Labute approximate surface area is 107 Å². The molecule has 1 aromatic carbocycles. The number of H-pyrrole nitrogens is 1. The quantitative estimate of drug-likeness (QED) is 0.863. The van der Waals surface area contributed by atoms with Crippen LogP contribution < -0.4 is 0 Å². The molecule has 0 saturated carbocycles. The molecule has 0 aliphatic carbocycles. The Morgan fingerprint density at radius 2 is 1.94 bits per heavy atom. The summed E-state index contributed by atoms with van der Waals surface area (Å²) in [5.74, 6) is 0.251. The summed E-state index contributed by atoms with van der Waals surface area (Å²) in [6.07, 6.45) is 4.06. The number of carbonyl (C=O) groups is 1. The van der Waals surface area contributed by atoms with Crippen molar-refractivity contribution < 1.29 is 4.79 Å². The Morgan fingerprint density at radius 3 is 2.72 bits per heavy atom. The van der Waals surface area contributed by atoms with Gasteiger partial charge in [-0.2, -0.15) is 0 Å². The van der Waals surface area contributed by atoms with Gasteiger partial charge in [0.1, 0.15) is 0 Å². The highest BCUT2D eigenvalue weighted by Crippen LogP contribution is 2.16. The third kappa shape index (κ3) is 2.26. The van der Waals surface area contributed by atoms with Crippen molar-refractivity contribution in [3.63, 3.8) is 0 Å². The Morgan fingerprint density at radius 1 is 1.17 bits per heavy atom. The van der Waals surface area contributed by atoms with Crippen LogP contribution >= 0.6 is 0 Å². The summed E-state index contributed by atoms with van der Waals surface area (Å²) in [6.45, 7) is 1.86. The number of piperidine rings is 1. The van der Waals surface area contributed by atoms with E-state index in [0.29, 0.717) is 6.42 Å². The lowest BCUT2D eigenvalue weighted by molar-refractivity contribution is -0.131. The van der Waals surface area contributed by atoms with Gasteiger partial charge < -0.3 is 9.88 Å². The van der Waals surface area contributed by atoms with Gasteiger partial charge in [0, 0.05) is 24.3 Å². The van der Waals surface area contributed by atoms with Crippen LogP contribution in [0, 0.1) is 0 Å². The second-order valence-electron chi connectivity index (χ2n) is 5.00. The number of para-hydroxylation sites is 1. The molecule has 18 heavy (non-hydrogen) atoms. The van der Waals surface area contributed by atoms with Gasteiger partial charge in [0.25, 0.3) is 0 Å². The molecule has 0 radical (unpaired) electrons. The molecule has 3 heteroatoms. The van der Waals surface area contributed by atoms with Crippen molar-refractivity contribution in [1.82, 2.24) is 9.88 Å². The minimum atomic E-state index is 0.251. The molecular formula is C15H18N2O. The summed E-state index contributed by atoms with van der Waals surface area (Å²) in [4.78, 5) is 17.5. The zero-order valence-corrected chi connectivity index (χ0v) is 10.5. The van der Waals surface area contributed by atoms with E-state index in [1.54, 1.807) is 0 Å². The number of carbonyl (C=O) groups excluding carboxylic acids is 1. The predicted molar refractivity (Wildman–Crippen MR) is 72.4 cm³/mol. The van der Waals surface area contributed by atoms with E-state index in [1.165, 1.54) is 11.8 Å². The van der Waals surface area contributed by atoms with Gasteiger partial charge >= 0.3 is 0 Å². The monoisotopic (exact) mass is 242 g/mol. The molecule has 94 valence electrons. The summed E-state index contributed by atoms with van der Waals surface area (Å²) < 4.78 is 0. The fraction of sp³-hybridized carbons (Fsp3) is 0.400. The molecule has 0 bridgehead atoms. The number of nitrogens with zero attached hydrogens (tertiary/aromatic N) is 1. The molecule has 1 aromatic heterocycles. The number of hydrogen-bond donors (Lipinski definition) is 1. The molecule has 0 unspecified atom stereocenters. The first-order valence-electron chi connectivity index (χ1n) is 6.67. The molecule has 0 spiro atoms. The Hall–Kier alpha value is -1.77. The first kappa shape index (κ1) is 11.3. The van der Waals surface area contributed by atoms with Crippen LogP contribution in [0.4, 0.5) is 0 Å². The van der Waals surface area contributed by atoms with Crippen LogP contribution in [0.3, 0.4) is 0 Å². The summed E-state index contributed by atoms with van der Waals surface area (Å²) >= 11 is 0. The highest BCUT2D eigenvalue weighted by Gasteiger charge is 2.17. The minimum absolute atomic E-state index is 0.251. The number of rotatable bonds is 2. The first-order chi connectivity index (χ1) is 8.83. The second-order valence-corrected chi connectivity index (χ2v) is 5.00. The van der Waals surface area contributed by atoms with Crippen LogP contribution in [0.5, 0.6) is 0 Å².